The van der Waals surface area contributed by atoms with Gasteiger partial charge in [0.15, 0.2) is 5.60 Å². The zero-order valence-electron chi connectivity index (χ0n) is 17.9. The highest BCUT2D eigenvalue weighted by Gasteiger charge is 2.29. The second-order valence-corrected chi connectivity index (χ2v) is 10.0. The molecule has 3 aromatic rings. The zero-order valence-corrected chi connectivity index (χ0v) is 18.7. The minimum atomic E-state index is -3.56. The number of fused-ring (bicyclic) bond motifs is 1. The molecular formula is C24H27NO5S. The molecule has 0 unspecified atom stereocenters. The van der Waals surface area contributed by atoms with E-state index in [4.69, 9.17) is 9.84 Å². The summed E-state index contributed by atoms with van der Waals surface area (Å²) in [7, 11) is -1.97. The molecule has 0 bridgehead atoms. The smallest absolute Gasteiger partial charge is 0.347 e. The molecule has 164 valence electrons. The van der Waals surface area contributed by atoms with Crippen LogP contribution in [-0.4, -0.2) is 43.0 Å². The molecule has 0 aromatic heterocycles. The van der Waals surface area contributed by atoms with Gasteiger partial charge < -0.3 is 9.84 Å². The van der Waals surface area contributed by atoms with E-state index in [0.29, 0.717) is 25.1 Å². The standard InChI is InChI=1S/C24H27NO5S/c1-24(2,23(26)27)30-21-13-10-18(11-14-21)7-6-16-25(3)31(28,29)22-15-12-19-8-4-5-9-20(19)17-22/h4-5,8-15,17H,6-7,16H2,1-3H3,(H,26,27). The molecule has 0 fully saturated rings. The van der Waals surface area contributed by atoms with E-state index in [0.717, 1.165) is 16.3 Å². The molecule has 0 aliphatic carbocycles. The van der Waals surface area contributed by atoms with Crippen molar-refractivity contribution >= 4 is 26.8 Å². The Labute approximate surface area is 183 Å². The molecule has 31 heavy (non-hydrogen) atoms. The molecule has 3 aromatic carbocycles. The van der Waals surface area contributed by atoms with Crippen molar-refractivity contribution in [2.24, 2.45) is 0 Å². The summed E-state index contributed by atoms with van der Waals surface area (Å²) in [6.45, 7) is 3.38. The molecule has 0 aliphatic rings. The van der Waals surface area contributed by atoms with Crippen LogP contribution in [0.4, 0.5) is 0 Å². The highest BCUT2D eigenvalue weighted by molar-refractivity contribution is 7.89. The van der Waals surface area contributed by atoms with Crippen molar-refractivity contribution in [3.8, 4) is 5.75 Å². The van der Waals surface area contributed by atoms with Crippen LogP contribution in [0, 0.1) is 0 Å². The van der Waals surface area contributed by atoms with E-state index in [2.05, 4.69) is 0 Å². The number of ether oxygens (including phenoxy) is 1. The predicted octanol–water partition coefficient (Wildman–Crippen LogP) is 4.34. The first-order valence-corrected chi connectivity index (χ1v) is 11.5. The van der Waals surface area contributed by atoms with E-state index in [-0.39, 0.29) is 4.90 Å². The van der Waals surface area contributed by atoms with Crippen molar-refractivity contribution < 1.29 is 23.1 Å². The highest BCUT2D eigenvalue weighted by atomic mass is 32.2. The number of benzene rings is 3. The van der Waals surface area contributed by atoms with Gasteiger partial charge in [-0.1, -0.05) is 42.5 Å². The van der Waals surface area contributed by atoms with Crippen LogP contribution in [0.3, 0.4) is 0 Å². The molecule has 0 atom stereocenters. The highest BCUT2D eigenvalue weighted by Crippen LogP contribution is 2.22. The van der Waals surface area contributed by atoms with Crippen LogP contribution in [0.1, 0.15) is 25.8 Å². The van der Waals surface area contributed by atoms with Crippen molar-refractivity contribution in [1.29, 1.82) is 0 Å². The molecule has 0 amide bonds. The van der Waals surface area contributed by atoms with E-state index >= 15 is 0 Å². The number of aryl methyl sites for hydroxylation is 1. The second kappa shape index (κ2) is 9.08. The average molecular weight is 442 g/mol. The first-order chi connectivity index (χ1) is 14.6. The molecule has 0 heterocycles. The van der Waals surface area contributed by atoms with Gasteiger partial charge in [-0.15, -0.1) is 0 Å². The van der Waals surface area contributed by atoms with Crippen LogP contribution in [-0.2, 0) is 21.2 Å². The first kappa shape index (κ1) is 22.8. The number of nitrogens with zero attached hydrogens (tertiary/aromatic N) is 1. The van der Waals surface area contributed by atoms with E-state index < -0.39 is 21.6 Å². The SMILES string of the molecule is CN(CCCc1ccc(OC(C)(C)C(=O)O)cc1)S(=O)(=O)c1ccc2ccccc2c1. The topological polar surface area (TPSA) is 83.9 Å². The Morgan fingerprint density at radius 1 is 1.00 bits per heavy atom. The fraction of sp³-hybridized carbons (Fsp3) is 0.292. The van der Waals surface area contributed by atoms with Crippen LogP contribution in [0.25, 0.3) is 10.8 Å². The van der Waals surface area contributed by atoms with Crippen molar-refractivity contribution in [1.82, 2.24) is 4.31 Å². The molecule has 0 saturated carbocycles. The van der Waals surface area contributed by atoms with Gasteiger partial charge in [-0.25, -0.2) is 17.5 Å². The molecule has 0 spiro atoms. The van der Waals surface area contributed by atoms with Gasteiger partial charge in [0.1, 0.15) is 5.75 Å². The number of rotatable bonds is 9. The van der Waals surface area contributed by atoms with Gasteiger partial charge in [0, 0.05) is 13.6 Å². The Morgan fingerprint density at radius 3 is 2.29 bits per heavy atom. The van der Waals surface area contributed by atoms with Crippen molar-refractivity contribution in [3.05, 3.63) is 72.3 Å². The van der Waals surface area contributed by atoms with Gasteiger partial charge in [-0.05, 0) is 67.3 Å². The second-order valence-electron chi connectivity index (χ2n) is 8.00. The van der Waals surface area contributed by atoms with Gasteiger partial charge in [-0.2, -0.15) is 0 Å². The Hall–Kier alpha value is -2.90. The van der Waals surface area contributed by atoms with Gasteiger partial charge >= 0.3 is 5.97 Å². The average Bonchev–Trinajstić information content (AvgIpc) is 2.74. The maximum Gasteiger partial charge on any atom is 0.347 e. The van der Waals surface area contributed by atoms with Crippen molar-refractivity contribution in [2.45, 2.75) is 37.2 Å². The third kappa shape index (κ3) is 5.42. The number of hydrogen-bond acceptors (Lipinski definition) is 4. The predicted molar refractivity (Wildman–Crippen MR) is 121 cm³/mol. The third-order valence-corrected chi connectivity index (χ3v) is 7.03. The number of carboxylic acids is 1. The molecule has 7 heteroatoms. The summed E-state index contributed by atoms with van der Waals surface area (Å²) in [4.78, 5) is 11.5. The molecular weight excluding hydrogens is 414 g/mol. The fourth-order valence-electron chi connectivity index (χ4n) is 3.20. The monoisotopic (exact) mass is 441 g/mol. The zero-order chi connectivity index (χ0) is 22.6. The maximum absolute atomic E-state index is 12.9. The lowest BCUT2D eigenvalue weighted by Gasteiger charge is -2.21. The summed E-state index contributed by atoms with van der Waals surface area (Å²) in [6, 6.07) is 20.0. The molecule has 0 radical (unpaired) electrons. The first-order valence-electron chi connectivity index (χ1n) is 10.1. The number of aliphatic carboxylic acids is 1. The summed E-state index contributed by atoms with van der Waals surface area (Å²) in [5, 5.41) is 11.0. The lowest BCUT2D eigenvalue weighted by atomic mass is 10.1. The molecule has 3 rings (SSSR count). The summed E-state index contributed by atoms with van der Waals surface area (Å²) in [6.07, 6.45) is 1.35. The number of carbonyl (C=O) groups is 1. The summed E-state index contributed by atoms with van der Waals surface area (Å²) in [5.41, 5.74) is -0.279. The largest absolute Gasteiger partial charge is 0.478 e. The number of hydrogen-bond donors (Lipinski definition) is 1. The van der Waals surface area contributed by atoms with Gasteiger partial charge in [0.25, 0.3) is 0 Å². The van der Waals surface area contributed by atoms with Crippen LogP contribution in [0.2, 0.25) is 0 Å². The Morgan fingerprint density at radius 2 is 1.65 bits per heavy atom. The minimum Gasteiger partial charge on any atom is -0.478 e. The Bertz CT molecular complexity index is 1170. The van der Waals surface area contributed by atoms with E-state index in [1.54, 1.807) is 31.3 Å². The molecule has 1 N–H and O–H groups in total. The lowest BCUT2D eigenvalue weighted by Crippen LogP contribution is -2.37. The summed E-state index contributed by atoms with van der Waals surface area (Å²) in [5.74, 6) is -0.556. The summed E-state index contributed by atoms with van der Waals surface area (Å²) >= 11 is 0. The van der Waals surface area contributed by atoms with E-state index in [9.17, 15) is 13.2 Å². The van der Waals surface area contributed by atoms with E-state index in [1.165, 1.54) is 18.2 Å². The van der Waals surface area contributed by atoms with Crippen LogP contribution < -0.4 is 4.74 Å². The fourth-order valence-corrected chi connectivity index (χ4v) is 4.44. The quantitative estimate of drug-likeness (QED) is 0.534. The van der Waals surface area contributed by atoms with E-state index in [1.807, 2.05) is 42.5 Å². The molecule has 6 nitrogen and oxygen atoms in total. The van der Waals surface area contributed by atoms with Crippen molar-refractivity contribution in [2.75, 3.05) is 13.6 Å². The van der Waals surface area contributed by atoms with Crippen molar-refractivity contribution in [3.63, 3.8) is 0 Å². The van der Waals surface area contributed by atoms with Crippen LogP contribution >= 0.6 is 0 Å². The Balaban J connectivity index is 1.58. The third-order valence-electron chi connectivity index (χ3n) is 5.18. The summed E-state index contributed by atoms with van der Waals surface area (Å²) < 4.78 is 32.7. The van der Waals surface area contributed by atoms with Gasteiger partial charge in [0.05, 0.1) is 4.90 Å². The minimum absolute atomic E-state index is 0.288. The van der Waals surface area contributed by atoms with Gasteiger partial charge in [0.2, 0.25) is 10.0 Å². The molecule has 0 aliphatic heterocycles. The van der Waals surface area contributed by atoms with Crippen LogP contribution in [0.15, 0.2) is 71.6 Å². The number of carboxylic acid groups (broad SMARTS) is 1. The maximum atomic E-state index is 12.9. The van der Waals surface area contributed by atoms with Gasteiger partial charge in [-0.3, -0.25) is 0 Å². The molecule has 0 saturated heterocycles. The lowest BCUT2D eigenvalue weighted by molar-refractivity contribution is -0.152. The normalized spacial score (nSPS) is 12.3. The van der Waals surface area contributed by atoms with Crippen LogP contribution in [0.5, 0.6) is 5.75 Å². The number of sulfonamides is 1. The Kier molecular flexibility index (Phi) is 6.67.